The number of nitrogens with zero attached hydrogens (tertiary/aromatic N) is 2. The summed E-state index contributed by atoms with van der Waals surface area (Å²) in [6.07, 6.45) is -4.62. The molecule has 0 amide bonds. The number of benzene rings is 1. The van der Waals surface area contributed by atoms with Crippen LogP contribution in [0.2, 0.25) is 0 Å². The molecule has 1 saturated heterocycles. The molecule has 3 rings (SSSR count). The Labute approximate surface area is 165 Å². The summed E-state index contributed by atoms with van der Waals surface area (Å²) in [6.45, 7) is -0.498. The summed E-state index contributed by atoms with van der Waals surface area (Å²) in [6, 6.07) is 9.26. The smallest absolute Gasteiger partial charge is 0.351 e. The SMILES string of the molecule is CS(=O)(=O)O[C@H]1[C@H](F)[C@H](n2ccc(N)nc2=O)O[C@@H]1COC(=O)c1ccccc1. The van der Waals surface area contributed by atoms with Gasteiger partial charge in [0.1, 0.15) is 24.6 Å². The third-order valence-electron chi connectivity index (χ3n) is 4.07. The van der Waals surface area contributed by atoms with Crippen LogP contribution in [0.1, 0.15) is 16.6 Å². The molecule has 0 bridgehead atoms. The normalized spacial score (nSPS) is 24.3. The van der Waals surface area contributed by atoms with Gasteiger partial charge >= 0.3 is 11.7 Å². The molecule has 1 aromatic carbocycles. The number of hydrogen-bond acceptors (Lipinski definition) is 9. The fraction of sp³-hybridized carbons (Fsp3) is 0.353. The summed E-state index contributed by atoms with van der Waals surface area (Å²) in [5.74, 6) is -0.783. The Kier molecular flexibility index (Phi) is 5.96. The van der Waals surface area contributed by atoms with Crippen LogP contribution in [0.4, 0.5) is 10.2 Å². The van der Waals surface area contributed by atoms with Crippen LogP contribution in [0.15, 0.2) is 47.4 Å². The summed E-state index contributed by atoms with van der Waals surface area (Å²) < 4.78 is 54.3. The lowest BCUT2D eigenvalue weighted by Gasteiger charge is -2.18. The second-order valence-electron chi connectivity index (χ2n) is 6.28. The van der Waals surface area contributed by atoms with E-state index in [1.54, 1.807) is 18.2 Å². The number of halogens is 1. The number of carbonyl (C=O) groups is 1. The van der Waals surface area contributed by atoms with Gasteiger partial charge in [-0.2, -0.15) is 13.4 Å². The molecule has 1 fully saturated rings. The number of aromatic nitrogens is 2. The molecule has 156 valence electrons. The van der Waals surface area contributed by atoms with Crippen molar-refractivity contribution in [2.45, 2.75) is 24.6 Å². The molecule has 0 spiro atoms. The van der Waals surface area contributed by atoms with Gasteiger partial charge in [-0.3, -0.25) is 8.75 Å². The molecule has 12 heteroatoms. The summed E-state index contributed by atoms with van der Waals surface area (Å²) in [5.41, 5.74) is 4.77. The third-order valence-corrected chi connectivity index (χ3v) is 4.64. The standard InChI is InChI=1S/C17H18FN3O7S/c1-29(24,25)28-14-11(9-26-16(22)10-5-3-2-4-6-10)27-15(13(14)18)21-8-7-12(19)20-17(21)23/h2-8,11,13-15H,9H2,1H3,(H2,19,20,23)/t11-,13+,14-,15-/m1/s1. The average Bonchev–Trinajstić information content (AvgIpc) is 2.95. The molecule has 1 aromatic heterocycles. The number of alkyl halides is 1. The Hall–Kier alpha value is -2.83. The van der Waals surface area contributed by atoms with E-state index in [0.29, 0.717) is 0 Å². The van der Waals surface area contributed by atoms with E-state index in [0.717, 1.165) is 17.0 Å². The minimum Gasteiger partial charge on any atom is -0.459 e. The maximum absolute atomic E-state index is 15.0. The number of rotatable bonds is 6. The van der Waals surface area contributed by atoms with E-state index in [4.69, 9.17) is 19.4 Å². The van der Waals surface area contributed by atoms with Crippen LogP contribution in [-0.2, 0) is 23.8 Å². The zero-order valence-electron chi connectivity index (χ0n) is 15.2. The van der Waals surface area contributed by atoms with Crippen molar-refractivity contribution in [1.29, 1.82) is 0 Å². The Bertz CT molecular complexity index is 1040. The highest BCUT2D eigenvalue weighted by Crippen LogP contribution is 2.34. The van der Waals surface area contributed by atoms with Gasteiger partial charge in [0.25, 0.3) is 10.1 Å². The molecular weight excluding hydrogens is 409 g/mol. The first-order valence-electron chi connectivity index (χ1n) is 8.40. The summed E-state index contributed by atoms with van der Waals surface area (Å²) >= 11 is 0. The molecule has 2 aromatic rings. The molecular formula is C17H18FN3O7S. The molecule has 1 aliphatic rings. The predicted octanol–water partition coefficient (Wildman–Crippen LogP) is 0.263. The summed E-state index contributed by atoms with van der Waals surface area (Å²) in [5, 5.41) is 0. The molecule has 0 unspecified atom stereocenters. The van der Waals surface area contributed by atoms with Crippen LogP contribution in [-0.4, -0.2) is 55.2 Å². The molecule has 10 nitrogen and oxygen atoms in total. The highest BCUT2D eigenvalue weighted by Gasteiger charge is 2.49. The molecule has 2 N–H and O–H groups in total. The van der Waals surface area contributed by atoms with Gasteiger partial charge in [-0.05, 0) is 18.2 Å². The highest BCUT2D eigenvalue weighted by molar-refractivity contribution is 7.86. The molecule has 1 aliphatic heterocycles. The Morgan fingerprint density at radius 3 is 2.62 bits per heavy atom. The molecule has 29 heavy (non-hydrogen) atoms. The van der Waals surface area contributed by atoms with Gasteiger partial charge in [0.2, 0.25) is 0 Å². The minimum atomic E-state index is -4.07. The van der Waals surface area contributed by atoms with E-state index in [1.807, 2.05) is 0 Å². The Morgan fingerprint density at radius 1 is 1.31 bits per heavy atom. The summed E-state index contributed by atoms with van der Waals surface area (Å²) in [7, 11) is -4.07. The topological polar surface area (TPSA) is 140 Å². The van der Waals surface area contributed by atoms with Crippen molar-refractivity contribution in [3.63, 3.8) is 0 Å². The van der Waals surface area contributed by atoms with Gasteiger partial charge in [0.05, 0.1) is 11.8 Å². The van der Waals surface area contributed by atoms with Gasteiger partial charge in [-0.1, -0.05) is 18.2 Å². The minimum absolute atomic E-state index is 0.0723. The largest absolute Gasteiger partial charge is 0.459 e. The first-order chi connectivity index (χ1) is 13.7. The molecule has 0 radical (unpaired) electrons. The Balaban J connectivity index is 1.81. The lowest BCUT2D eigenvalue weighted by Crippen LogP contribution is -2.37. The number of nitrogens with two attached hydrogens (primary N) is 1. The van der Waals surface area contributed by atoms with Crippen molar-refractivity contribution in [1.82, 2.24) is 9.55 Å². The maximum Gasteiger partial charge on any atom is 0.351 e. The number of esters is 1. The van der Waals surface area contributed by atoms with Crippen molar-refractivity contribution in [3.05, 3.63) is 58.6 Å². The summed E-state index contributed by atoms with van der Waals surface area (Å²) in [4.78, 5) is 27.6. The lowest BCUT2D eigenvalue weighted by molar-refractivity contribution is -0.0529. The van der Waals surface area contributed by atoms with Crippen molar-refractivity contribution in [3.8, 4) is 0 Å². The van der Waals surface area contributed by atoms with E-state index in [9.17, 15) is 22.4 Å². The van der Waals surface area contributed by atoms with Gasteiger partial charge in [-0.25, -0.2) is 14.0 Å². The number of anilines is 1. The third kappa shape index (κ3) is 4.96. The van der Waals surface area contributed by atoms with Crippen LogP contribution >= 0.6 is 0 Å². The number of ether oxygens (including phenoxy) is 2. The van der Waals surface area contributed by atoms with E-state index < -0.39 is 53.0 Å². The van der Waals surface area contributed by atoms with E-state index in [2.05, 4.69) is 4.98 Å². The number of hydrogen-bond donors (Lipinski definition) is 1. The molecule has 0 saturated carbocycles. The monoisotopic (exact) mass is 427 g/mol. The first kappa shape index (κ1) is 20.9. The molecule has 4 atom stereocenters. The van der Waals surface area contributed by atoms with Gasteiger partial charge in [0.15, 0.2) is 12.4 Å². The molecule has 0 aliphatic carbocycles. The van der Waals surface area contributed by atoms with Crippen molar-refractivity contribution in [2.24, 2.45) is 0 Å². The quantitative estimate of drug-likeness (QED) is 0.508. The zero-order chi connectivity index (χ0) is 21.2. The number of nitrogen functional groups attached to an aromatic ring is 1. The zero-order valence-corrected chi connectivity index (χ0v) is 16.0. The number of carbonyl (C=O) groups excluding carboxylic acids is 1. The molecule has 2 heterocycles. The second kappa shape index (κ2) is 8.27. The van der Waals surface area contributed by atoms with E-state index in [-0.39, 0.29) is 11.4 Å². The van der Waals surface area contributed by atoms with Gasteiger partial charge < -0.3 is 15.2 Å². The van der Waals surface area contributed by atoms with E-state index >= 15 is 0 Å². The van der Waals surface area contributed by atoms with E-state index in [1.165, 1.54) is 18.2 Å². The Morgan fingerprint density at radius 2 is 2.00 bits per heavy atom. The van der Waals surface area contributed by atoms with Crippen molar-refractivity contribution < 1.29 is 31.3 Å². The predicted molar refractivity (Wildman–Crippen MR) is 98.2 cm³/mol. The van der Waals surface area contributed by atoms with Crippen LogP contribution in [0, 0.1) is 0 Å². The van der Waals surface area contributed by atoms with Gasteiger partial charge in [-0.15, -0.1) is 0 Å². The lowest BCUT2D eigenvalue weighted by atomic mass is 10.1. The van der Waals surface area contributed by atoms with Crippen molar-refractivity contribution >= 4 is 21.9 Å². The van der Waals surface area contributed by atoms with Crippen LogP contribution in [0.5, 0.6) is 0 Å². The highest BCUT2D eigenvalue weighted by atomic mass is 32.2. The average molecular weight is 427 g/mol. The van der Waals surface area contributed by atoms with Gasteiger partial charge in [0, 0.05) is 6.20 Å². The first-order valence-corrected chi connectivity index (χ1v) is 10.2. The van der Waals surface area contributed by atoms with Crippen LogP contribution in [0.3, 0.4) is 0 Å². The fourth-order valence-corrected chi connectivity index (χ4v) is 3.44. The van der Waals surface area contributed by atoms with Crippen molar-refractivity contribution in [2.75, 3.05) is 18.6 Å². The van der Waals surface area contributed by atoms with Crippen LogP contribution < -0.4 is 11.4 Å². The maximum atomic E-state index is 15.0. The fourth-order valence-electron chi connectivity index (χ4n) is 2.80. The van der Waals surface area contributed by atoms with Crippen LogP contribution in [0.25, 0.3) is 0 Å². The second-order valence-corrected chi connectivity index (χ2v) is 7.88.